The van der Waals surface area contributed by atoms with E-state index >= 15 is 9.59 Å². The first-order valence-electron chi connectivity index (χ1n) is 21.5. The van der Waals surface area contributed by atoms with Gasteiger partial charge in [-0.3, -0.25) is 9.59 Å². The lowest BCUT2D eigenvalue weighted by molar-refractivity contribution is 0.0976. The highest BCUT2D eigenvalue weighted by molar-refractivity contribution is 8.00. The number of unbranched alkanes of at least 4 members (excludes halogenated alkanes) is 2. The average molecular weight is 831 g/mol. The summed E-state index contributed by atoms with van der Waals surface area (Å²) >= 11 is 3.07. The Balaban J connectivity index is 1.36. The molecule has 7 rings (SSSR count). The molecule has 0 bridgehead atoms. The van der Waals surface area contributed by atoms with Gasteiger partial charge in [-0.2, -0.15) is 0 Å². The van der Waals surface area contributed by atoms with Gasteiger partial charge in [-0.1, -0.05) is 140 Å². The van der Waals surface area contributed by atoms with Crippen molar-refractivity contribution in [3.63, 3.8) is 0 Å². The van der Waals surface area contributed by atoms with Gasteiger partial charge in [0.2, 0.25) is 0 Å². The highest BCUT2D eigenvalue weighted by Gasteiger charge is 2.38. The summed E-state index contributed by atoms with van der Waals surface area (Å²) in [6.07, 6.45) is 6.59. The van der Waals surface area contributed by atoms with Crippen LogP contribution >= 0.6 is 23.5 Å². The van der Waals surface area contributed by atoms with Gasteiger partial charge < -0.3 is 10.6 Å². The summed E-state index contributed by atoms with van der Waals surface area (Å²) in [5, 5.41) is 7.13. The molecule has 2 N–H and O–H groups in total. The maximum absolute atomic E-state index is 15.5. The maximum Gasteiger partial charge on any atom is 0.197 e. The van der Waals surface area contributed by atoms with Crippen LogP contribution in [0.5, 0.6) is 0 Å². The van der Waals surface area contributed by atoms with Gasteiger partial charge in [0.05, 0.1) is 22.5 Å². The number of carbonyl (C=O) groups excluding carboxylic acids is 2. The second kappa shape index (κ2) is 18.3. The predicted octanol–water partition coefficient (Wildman–Crippen LogP) is 15.5. The Labute approximate surface area is 366 Å². The van der Waals surface area contributed by atoms with Crippen molar-refractivity contribution in [1.29, 1.82) is 0 Å². The second-order valence-corrected chi connectivity index (χ2v) is 20.2. The van der Waals surface area contributed by atoms with E-state index < -0.39 is 0 Å². The molecule has 60 heavy (non-hydrogen) atoms. The van der Waals surface area contributed by atoms with Crippen LogP contribution in [0.25, 0.3) is 0 Å². The zero-order valence-electron chi connectivity index (χ0n) is 36.4. The molecule has 6 heteroatoms. The Bertz CT molecular complexity index is 2300. The SMILES string of the molecule is CCCCc1ccc(Nc2ccc(Nc3ccc(CCCC)cc3)c3c2C(=O)c2c(Sc4ccc(C(C)(C)C)cc4)ccc(Sc4ccc(C(C)(C)C)cc4)c2C3=O)cc1. The van der Waals surface area contributed by atoms with Gasteiger partial charge in [-0.05, 0) is 132 Å². The molecule has 0 saturated heterocycles. The van der Waals surface area contributed by atoms with Gasteiger partial charge >= 0.3 is 0 Å². The van der Waals surface area contributed by atoms with E-state index in [-0.39, 0.29) is 22.4 Å². The minimum absolute atomic E-state index is 0.0144. The Hall–Kier alpha value is -5.04. The molecule has 0 aliphatic heterocycles. The van der Waals surface area contributed by atoms with Crippen LogP contribution in [-0.2, 0) is 23.7 Å². The van der Waals surface area contributed by atoms with Gasteiger partial charge in [0.1, 0.15) is 0 Å². The molecule has 0 spiro atoms. The monoisotopic (exact) mass is 830 g/mol. The van der Waals surface area contributed by atoms with Gasteiger partial charge in [-0.15, -0.1) is 0 Å². The van der Waals surface area contributed by atoms with E-state index in [0.717, 1.165) is 69.5 Å². The number of rotatable bonds is 14. The third-order valence-electron chi connectivity index (χ3n) is 11.2. The third-order valence-corrected chi connectivity index (χ3v) is 13.4. The Morgan fingerprint density at radius 3 is 1.10 bits per heavy atom. The Kier molecular flexibility index (Phi) is 13.1. The lowest BCUT2D eigenvalue weighted by atomic mass is 9.82. The fourth-order valence-corrected chi connectivity index (χ4v) is 9.52. The summed E-state index contributed by atoms with van der Waals surface area (Å²) in [7, 11) is 0. The molecule has 6 aromatic rings. The number of hydrogen-bond donors (Lipinski definition) is 2. The molecule has 0 heterocycles. The molecule has 1 aliphatic carbocycles. The van der Waals surface area contributed by atoms with E-state index in [2.05, 4.69) is 163 Å². The molecule has 1 aliphatic rings. The number of nitrogens with one attached hydrogen (secondary N) is 2. The Morgan fingerprint density at radius 2 is 0.783 bits per heavy atom. The zero-order valence-corrected chi connectivity index (χ0v) is 38.1. The molecule has 4 nitrogen and oxygen atoms in total. The predicted molar refractivity (Wildman–Crippen MR) is 255 cm³/mol. The molecule has 0 atom stereocenters. The number of carbonyl (C=O) groups is 2. The van der Waals surface area contributed by atoms with Crippen LogP contribution in [0.3, 0.4) is 0 Å². The van der Waals surface area contributed by atoms with Crippen LogP contribution in [0.1, 0.15) is 135 Å². The fourth-order valence-electron chi connectivity index (χ4n) is 7.60. The molecule has 0 saturated carbocycles. The summed E-state index contributed by atoms with van der Waals surface area (Å²) in [5.74, 6) is -0.334. The van der Waals surface area contributed by atoms with E-state index in [0.29, 0.717) is 33.6 Å². The quantitative estimate of drug-likeness (QED) is 0.114. The first-order valence-corrected chi connectivity index (χ1v) is 23.1. The number of aryl methyl sites for hydroxylation is 2. The normalized spacial score (nSPS) is 12.6. The largest absolute Gasteiger partial charge is 0.355 e. The van der Waals surface area contributed by atoms with Crippen LogP contribution in [0.2, 0.25) is 0 Å². The number of benzene rings is 6. The molecule has 0 radical (unpaired) electrons. The smallest absolute Gasteiger partial charge is 0.197 e. The second-order valence-electron chi connectivity index (χ2n) is 18.0. The first-order chi connectivity index (χ1) is 28.7. The van der Waals surface area contributed by atoms with Crippen molar-refractivity contribution in [3.8, 4) is 0 Å². The van der Waals surface area contributed by atoms with Crippen molar-refractivity contribution in [2.24, 2.45) is 0 Å². The van der Waals surface area contributed by atoms with E-state index in [9.17, 15) is 0 Å². The van der Waals surface area contributed by atoms with E-state index in [1.165, 1.54) is 45.8 Å². The minimum atomic E-state index is -0.167. The first kappa shape index (κ1) is 43.1. The number of ketones is 2. The zero-order chi connectivity index (χ0) is 42.6. The summed E-state index contributed by atoms with van der Waals surface area (Å²) in [5.41, 5.74) is 9.67. The Morgan fingerprint density at radius 1 is 0.433 bits per heavy atom. The summed E-state index contributed by atoms with van der Waals surface area (Å²) in [6, 6.07) is 41.9. The highest BCUT2D eigenvalue weighted by atomic mass is 32.2. The lowest BCUT2D eigenvalue weighted by Crippen LogP contribution is -2.25. The minimum Gasteiger partial charge on any atom is -0.355 e. The summed E-state index contributed by atoms with van der Waals surface area (Å²) in [4.78, 5) is 34.5. The third kappa shape index (κ3) is 9.77. The molecule has 0 aromatic heterocycles. The van der Waals surface area contributed by atoms with Crippen molar-refractivity contribution in [2.75, 3.05) is 10.6 Å². The van der Waals surface area contributed by atoms with Crippen molar-refractivity contribution in [3.05, 3.63) is 166 Å². The van der Waals surface area contributed by atoms with Crippen LogP contribution in [0.15, 0.2) is 141 Å². The van der Waals surface area contributed by atoms with Crippen molar-refractivity contribution < 1.29 is 9.59 Å². The number of hydrogen-bond acceptors (Lipinski definition) is 6. The van der Waals surface area contributed by atoms with Gasteiger partial charge in [0, 0.05) is 42.1 Å². The average Bonchev–Trinajstić information content (AvgIpc) is 3.23. The molecular formula is C54H58N2O2S2. The standard InChI is InChI=1S/C54H58N2O2S2/c1-9-11-13-35-15-23-39(24-16-35)55-43-31-32-44(56-40-25-17-36(18-26-40)14-12-10-2)48-47(43)51(57)49-45(59-41-27-19-37(20-28-41)53(3,4)5)33-34-46(50(49)52(48)58)60-42-29-21-38(22-30-42)54(6,7)8/h15-34,55-56H,9-14H2,1-8H3. The van der Waals surface area contributed by atoms with Gasteiger partial charge in [0.15, 0.2) is 11.6 Å². The van der Waals surface area contributed by atoms with Crippen molar-refractivity contribution in [1.82, 2.24) is 0 Å². The molecule has 6 aromatic carbocycles. The molecular weight excluding hydrogens is 773 g/mol. The maximum atomic E-state index is 15.5. The molecule has 308 valence electrons. The van der Waals surface area contributed by atoms with Crippen LogP contribution in [0.4, 0.5) is 22.7 Å². The van der Waals surface area contributed by atoms with Crippen molar-refractivity contribution >= 4 is 57.8 Å². The van der Waals surface area contributed by atoms with Crippen LogP contribution in [0, 0.1) is 0 Å². The van der Waals surface area contributed by atoms with Crippen molar-refractivity contribution in [2.45, 2.75) is 124 Å². The van der Waals surface area contributed by atoms with Gasteiger partial charge in [-0.25, -0.2) is 0 Å². The lowest BCUT2D eigenvalue weighted by Gasteiger charge is -2.27. The molecule has 0 fully saturated rings. The molecule has 0 amide bonds. The van der Waals surface area contributed by atoms with Crippen LogP contribution < -0.4 is 10.6 Å². The van der Waals surface area contributed by atoms with E-state index in [1.54, 1.807) is 0 Å². The van der Waals surface area contributed by atoms with Gasteiger partial charge in [0.25, 0.3) is 0 Å². The summed E-state index contributed by atoms with van der Waals surface area (Å²) < 4.78 is 0. The highest BCUT2D eigenvalue weighted by Crippen LogP contribution is 2.47. The fraction of sp³-hybridized carbons (Fsp3) is 0.296. The van der Waals surface area contributed by atoms with E-state index in [4.69, 9.17) is 0 Å². The topological polar surface area (TPSA) is 58.2 Å². The molecule has 0 unspecified atom stereocenters. The number of fused-ring (bicyclic) bond motifs is 2. The number of anilines is 4. The summed E-state index contributed by atoms with van der Waals surface area (Å²) in [6.45, 7) is 17.6. The van der Waals surface area contributed by atoms with E-state index in [1.807, 2.05) is 24.3 Å². The van der Waals surface area contributed by atoms with Crippen LogP contribution in [-0.4, -0.2) is 11.6 Å².